The first-order chi connectivity index (χ1) is 16.1. The predicted octanol–water partition coefficient (Wildman–Crippen LogP) is 5.81. The quantitative estimate of drug-likeness (QED) is 0.373. The third-order valence-electron chi connectivity index (χ3n) is 5.82. The molecule has 1 fully saturated rings. The van der Waals surface area contributed by atoms with Crippen molar-refractivity contribution in [3.05, 3.63) is 101 Å². The molecule has 0 saturated carbocycles. The molecule has 166 valence electrons. The van der Waals surface area contributed by atoms with Gasteiger partial charge in [-0.25, -0.2) is 4.68 Å². The molecule has 33 heavy (non-hydrogen) atoms. The van der Waals surface area contributed by atoms with Gasteiger partial charge in [0.25, 0.3) is 5.91 Å². The lowest BCUT2D eigenvalue weighted by Crippen LogP contribution is -2.49. The van der Waals surface area contributed by atoms with Gasteiger partial charge in [-0.2, -0.15) is 5.10 Å². The van der Waals surface area contributed by atoms with E-state index in [1.165, 1.54) is 0 Å². The minimum absolute atomic E-state index is 0.0599. The topological polar surface area (TPSA) is 41.4 Å². The molecule has 5 nitrogen and oxygen atoms in total. The summed E-state index contributed by atoms with van der Waals surface area (Å²) in [6.45, 7) is 2.69. The van der Waals surface area contributed by atoms with Gasteiger partial charge in [-0.05, 0) is 36.4 Å². The molecule has 1 amide bonds. The number of hydrogen-bond donors (Lipinski definition) is 0. The maximum absolute atomic E-state index is 13.6. The van der Waals surface area contributed by atoms with Crippen LogP contribution in [0.4, 0.5) is 5.69 Å². The monoisotopic (exact) mass is 476 g/mol. The smallest absolute Gasteiger partial charge is 0.272 e. The van der Waals surface area contributed by atoms with Crippen LogP contribution in [0.1, 0.15) is 10.5 Å². The van der Waals surface area contributed by atoms with Crippen LogP contribution in [0, 0.1) is 0 Å². The van der Waals surface area contributed by atoms with Crippen LogP contribution in [0.3, 0.4) is 0 Å². The fourth-order valence-corrected chi connectivity index (χ4v) is 4.49. The molecule has 0 N–H and O–H groups in total. The van der Waals surface area contributed by atoms with Crippen molar-refractivity contribution in [2.45, 2.75) is 0 Å². The summed E-state index contributed by atoms with van der Waals surface area (Å²) in [4.78, 5) is 17.8. The summed E-state index contributed by atoms with van der Waals surface area (Å²) in [5.74, 6) is -0.0599. The van der Waals surface area contributed by atoms with E-state index in [4.69, 9.17) is 28.3 Å². The SMILES string of the molecule is O=C(c1cc(-c2ccccc2)nn1-c1ccccc1Cl)N1CCN(c2cccc(Cl)c2)CC1. The summed E-state index contributed by atoms with van der Waals surface area (Å²) in [5, 5.41) is 6.01. The van der Waals surface area contributed by atoms with Gasteiger partial charge >= 0.3 is 0 Å². The number of carbonyl (C=O) groups is 1. The summed E-state index contributed by atoms with van der Waals surface area (Å²) < 4.78 is 1.66. The van der Waals surface area contributed by atoms with Gasteiger partial charge < -0.3 is 9.80 Å². The van der Waals surface area contributed by atoms with Gasteiger partial charge in [0, 0.05) is 42.5 Å². The standard InChI is InChI=1S/C26H22Cl2N4O/c27-20-9-6-10-21(17-20)30-13-15-31(16-14-30)26(33)25-18-23(19-7-2-1-3-8-19)29-32(25)24-12-5-4-11-22(24)28/h1-12,17-18H,13-16H2. The highest BCUT2D eigenvalue weighted by molar-refractivity contribution is 6.32. The van der Waals surface area contributed by atoms with E-state index >= 15 is 0 Å². The van der Waals surface area contributed by atoms with E-state index < -0.39 is 0 Å². The molecular weight excluding hydrogens is 455 g/mol. The van der Waals surface area contributed by atoms with Gasteiger partial charge in [0.2, 0.25) is 0 Å². The van der Waals surface area contributed by atoms with Gasteiger partial charge in [0.15, 0.2) is 0 Å². The maximum atomic E-state index is 13.6. The number of halogens is 2. The Bertz CT molecular complexity index is 1280. The first-order valence-corrected chi connectivity index (χ1v) is 11.6. The minimum Gasteiger partial charge on any atom is -0.368 e. The zero-order valence-electron chi connectivity index (χ0n) is 17.9. The maximum Gasteiger partial charge on any atom is 0.272 e. The van der Waals surface area contributed by atoms with Crippen LogP contribution in [0.15, 0.2) is 84.9 Å². The molecule has 4 aromatic rings. The van der Waals surface area contributed by atoms with Crippen LogP contribution in [-0.2, 0) is 0 Å². The number of carbonyl (C=O) groups excluding carboxylic acids is 1. The Hall–Kier alpha value is -3.28. The number of para-hydroxylation sites is 1. The molecule has 0 atom stereocenters. The van der Waals surface area contributed by atoms with Crippen LogP contribution in [0.25, 0.3) is 16.9 Å². The lowest BCUT2D eigenvalue weighted by molar-refractivity contribution is 0.0737. The lowest BCUT2D eigenvalue weighted by atomic mass is 10.1. The summed E-state index contributed by atoms with van der Waals surface area (Å²) in [7, 11) is 0. The number of nitrogens with zero attached hydrogens (tertiary/aromatic N) is 4. The van der Waals surface area contributed by atoms with Crippen LogP contribution in [0.5, 0.6) is 0 Å². The van der Waals surface area contributed by atoms with E-state index in [-0.39, 0.29) is 5.91 Å². The number of rotatable bonds is 4. The van der Waals surface area contributed by atoms with Crippen molar-refractivity contribution in [3.63, 3.8) is 0 Å². The first-order valence-electron chi connectivity index (χ1n) is 10.8. The van der Waals surface area contributed by atoms with Crippen molar-refractivity contribution in [2.24, 2.45) is 0 Å². The Morgan fingerprint density at radius 2 is 1.52 bits per heavy atom. The lowest BCUT2D eigenvalue weighted by Gasteiger charge is -2.36. The van der Waals surface area contributed by atoms with Crippen molar-refractivity contribution in [1.29, 1.82) is 0 Å². The average molecular weight is 477 g/mol. The van der Waals surface area contributed by atoms with E-state index in [1.807, 2.05) is 83.8 Å². The molecule has 2 heterocycles. The normalized spacial score (nSPS) is 13.9. The summed E-state index contributed by atoms with van der Waals surface area (Å²) in [6, 6.07) is 26.9. The summed E-state index contributed by atoms with van der Waals surface area (Å²) in [5.41, 5.74) is 3.93. The minimum atomic E-state index is -0.0599. The molecule has 0 unspecified atom stereocenters. The Labute approximate surface area is 202 Å². The number of anilines is 1. The highest BCUT2D eigenvalue weighted by atomic mass is 35.5. The van der Waals surface area contributed by atoms with Crippen LogP contribution in [0.2, 0.25) is 10.0 Å². The van der Waals surface area contributed by atoms with E-state index in [0.717, 1.165) is 30.0 Å². The predicted molar refractivity (Wildman–Crippen MR) is 134 cm³/mol. The summed E-state index contributed by atoms with van der Waals surface area (Å²) >= 11 is 12.6. The van der Waals surface area contributed by atoms with Crippen LogP contribution >= 0.6 is 23.2 Å². The Morgan fingerprint density at radius 1 is 0.788 bits per heavy atom. The van der Waals surface area contributed by atoms with Crippen molar-refractivity contribution in [3.8, 4) is 16.9 Å². The molecule has 5 rings (SSSR count). The van der Waals surface area contributed by atoms with E-state index in [9.17, 15) is 4.79 Å². The van der Waals surface area contributed by atoms with Crippen molar-refractivity contribution in [2.75, 3.05) is 31.1 Å². The molecule has 3 aromatic carbocycles. The van der Waals surface area contributed by atoms with Crippen LogP contribution in [-0.4, -0.2) is 46.8 Å². The first kappa shape index (κ1) is 21.6. The van der Waals surface area contributed by atoms with Crippen molar-refractivity contribution in [1.82, 2.24) is 14.7 Å². The third kappa shape index (κ3) is 4.47. The fraction of sp³-hybridized carbons (Fsp3) is 0.154. The van der Waals surface area contributed by atoms with Crippen LogP contribution < -0.4 is 4.90 Å². The van der Waals surface area contributed by atoms with Gasteiger partial charge in [0.05, 0.1) is 16.4 Å². The summed E-state index contributed by atoms with van der Waals surface area (Å²) in [6.07, 6.45) is 0. The number of hydrogen-bond acceptors (Lipinski definition) is 3. The number of benzene rings is 3. The zero-order valence-corrected chi connectivity index (χ0v) is 19.4. The molecule has 7 heteroatoms. The highest BCUT2D eigenvalue weighted by Gasteiger charge is 2.27. The molecule has 0 spiro atoms. The molecule has 0 radical (unpaired) electrons. The van der Waals surface area contributed by atoms with Gasteiger partial charge in [-0.3, -0.25) is 4.79 Å². The van der Waals surface area contributed by atoms with Gasteiger partial charge in [-0.1, -0.05) is 71.7 Å². The molecule has 0 bridgehead atoms. The fourth-order valence-electron chi connectivity index (χ4n) is 4.09. The second-order valence-corrected chi connectivity index (χ2v) is 8.75. The molecule has 1 aliphatic rings. The largest absolute Gasteiger partial charge is 0.368 e. The molecule has 1 aliphatic heterocycles. The van der Waals surface area contributed by atoms with E-state index in [0.29, 0.717) is 34.5 Å². The Balaban J connectivity index is 1.44. The second kappa shape index (κ2) is 9.30. The zero-order chi connectivity index (χ0) is 22.8. The average Bonchev–Trinajstić information content (AvgIpc) is 3.30. The third-order valence-corrected chi connectivity index (χ3v) is 6.37. The Morgan fingerprint density at radius 3 is 2.24 bits per heavy atom. The number of amides is 1. The number of piperazine rings is 1. The van der Waals surface area contributed by atoms with E-state index in [1.54, 1.807) is 10.7 Å². The molecule has 1 aromatic heterocycles. The molecule has 1 saturated heterocycles. The van der Waals surface area contributed by atoms with E-state index in [2.05, 4.69) is 4.90 Å². The van der Waals surface area contributed by atoms with Gasteiger partial charge in [-0.15, -0.1) is 0 Å². The van der Waals surface area contributed by atoms with Gasteiger partial charge in [0.1, 0.15) is 5.69 Å². The second-order valence-electron chi connectivity index (χ2n) is 7.90. The molecule has 0 aliphatic carbocycles. The van der Waals surface area contributed by atoms with Crippen molar-refractivity contribution < 1.29 is 4.79 Å². The highest BCUT2D eigenvalue weighted by Crippen LogP contribution is 2.27. The Kier molecular flexibility index (Phi) is 6.07. The molecular formula is C26H22Cl2N4O. The van der Waals surface area contributed by atoms with Crippen molar-refractivity contribution >= 4 is 34.8 Å². The number of aromatic nitrogens is 2.